The van der Waals surface area contributed by atoms with Crippen LogP contribution in [0.5, 0.6) is 0 Å². The fourth-order valence-corrected chi connectivity index (χ4v) is 14.9. The molecule has 0 amide bonds. The largest absolute Gasteiger partial charge is 0.418 e. The molecule has 0 spiro atoms. The molecule has 0 saturated heterocycles. The Morgan fingerprint density at radius 2 is 0.643 bits per heavy atom. The van der Waals surface area contributed by atoms with Gasteiger partial charge in [0.05, 0.1) is 33.7 Å². The van der Waals surface area contributed by atoms with E-state index in [-0.39, 0.29) is 12.4 Å². The number of alkyl halides is 3. The van der Waals surface area contributed by atoms with Gasteiger partial charge in [-0.25, -0.2) is 9.97 Å². The molecule has 0 aliphatic carbocycles. The first kappa shape index (κ1) is 58.0. The predicted octanol–water partition coefficient (Wildman–Crippen LogP) is 22.0. The number of fused-ring (bicyclic) bond motifs is 7. The molecule has 0 radical (unpaired) electrons. The zero-order valence-corrected chi connectivity index (χ0v) is 52.9. The minimum absolute atomic E-state index is 0.0306. The highest BCUT2D eigenvalue weighted by Gasteiger charge is 2.44. The molecule has 9 heteroatoms. The van der Waals surface area contributed by atoms with Crippen molar-refractivity contribution in [1.82, 2.24) is 14.5 Å². The SMILES string of the molecule is FC(F)(F)c1ccc(-c2nc(-c3ccccc3)cc(-c3ccccc3)n2)cc1-n1c2ccccc2c2cc(-c3cc4c5c(c3)N(c3cc(-c6ccccc6)cc(-c6ccccc6)c3)c3ccccc3B5c3ccccc3N4c3cc(-c4ccccc4)cc(-c4ccccc4)c3)ccc21. The number of halogens is 3. The molecule has 98 heavy (non-hydrogen) atoms. The molecule has 0 unspecified atom stereocenters. The number of nitrogens with zero attached hydrogens (tertiary/aromatic N) is 5. The lowest BCUT2D eigenvalue weighted by Gasteiger charge is -2.44. The first-order valence-corrected chi connectivity index (χ1v) is 33.0. The zero-order chi connectivity index (χ0) is 65.4. The molecule has 2 aromatic heterocycles. The Morgan fingerprint density at radius 1 is 0.265 bits per heavy atom. The van der Waals surface area contributed by atoms with Crippen molar-refractivity contribution in [3.05, 3.63) is 351 Å². The molecule has 18 rings (SSSR count). The number of hydrogen-bond donors (Lipinski definition) is 0. The Bertz CT molecular complexity index is 5370. The van der Waals surface area contributed by atoms with Crippen LogP contribution in [0, 0.1) is 0 Å². The van der Waals surface area contributed by atoms with E-state index in [1.165, 1.54) is 23.1 Å². The van der Waals surface area contributed by atoms with Crippen LogP contribution < -0.4 is 26.2 Å². The van der Waals surface area contributed by atoms with Crippen LogP contribution in [0.15, 0.2) is 346 Å². The lowest BCUT2D eigenvalue weighted by atomic mass is 9.33. The molecular formula is C89H57BF3N5. The lowest BCUT2D eigenvalue weighted by Crippen LogP contribution is -2.61. The van der Waals surface area contributed by atoms with E-state index in [0.29, 0.717) is 33.8 Å². The van der Waals surface area contributed by atoms with E-state index in [2.05, 4.69) is 240 Å². The molecule has 14 aromatic carbocycles. The summed E-state index contributed by atoms with van der Waals surface area (Å²) in [5, 5.41) is 1.60. The van der Waals surface area contributed by atoms with Crippen molar-refractivity contribution in [2.75, 3.05) is 9.80 Å². The molecule has 2 aliphatic heterocycles. The first-order valence-electron chi connectivity index (χ1n) is 33.0. The number of anilines is 6. The van der Waals surface area contributed by atoms with Crippen LogP contribution in [0.4, 0.5) is 47.3 Å². The molecule has 0 N–H and O–H groups in total. The number of hydrogen-bond acceptors (Lipinski definition) is 4. The van der Waals surface area contributed by atoms with Gasteiger partial charge in [-0.2, -0.15) is 13.2 Å². The molecule has 0 bridgehead atoms. The van der Waals surface area contributed by atoms with Crippen molar-refractivity contribution >= 4 is 79.0 Å². The Balaban J connectivity index is 0.891. The van der Waals surface area contributed by atoms with Gasteiger partial charge in [0, 0.05) is 61.6 Å². The number of benzene rings is 14. The summed E-state index contributed by atoms with van der Waals surface area (Å²) < 4.78 is 49.6. The third kappa shape index (κ3) is 10.1. The second kappa shape index (κ2) is 23.7. The van der Waals surface area contributed by atoms with Gasteiger partial charge >= 0.3 is 6.18 Å². The minimum atomic E-state index is -4.73. The van der Waals surface area contributed by atoms with E-state index < -0.39 is 11.7 Å². The van der Waals surface area contributed by atoms with E-state index in [1.807, 2.05) is 97.1 Å². The molecule has 2 aliphatic rings. The van der Waals surface area contributed by atoms with Crippen molar-refractivity contribution in [2.24, 2.45) is 0 Å². The quantitative estimate of drug-likeness (QED) is 0.121. The van der Waals surface area contributed by atoms with E-state index in [4.69, 9.17) is 9.97 Å². The maximum atomic E-state index is 15.9. The van der Waals surface area contributed by atoms with Gasteiger partial charge in [-0.1, -0.05) is 249 Å². The monoisotopic (exact) mass is 1260 g/mol. The van der Waals surface area contributed by atoms with Crippen molar-refractivity contribution in [2.45, 2.75) is 6.18 Å². The third-order valence-corrected chi connectivity index (χ3v) is 19.3. The van der Waals surface area contributed by atoms with Gasteiger partial charge in [0.2, 0.25) is 0 Å². The summed E-state index contributed by atoms with van der Waals surface area (Å²) in [7, 11) is 0. The van der Waals surface area contributed by atoms with Gasteiger partial charge in [-0.05, 0) is 169 Å². The molecule has 4 heterocycles. The molecule has 0 saturated carbocycles. The highest BCUT2D eigenvalue weighted by Crippen LogP contribution is 2.50. The maximum absolute atomic E-state index is 15.9. The predicted molar refractivity (Wildman–Crippen MR) is 399 cm³/mol. The Labute approximate surface area is 566 Å². The van der Waals surface area contributed by atoms with Crippen molar-refractivity contribution < 1.29 is 13.2 Å². The second-order valence-electron chi connectivity index (χ2n) is 25.2. The molecule has 5 nitrogen and oxygen atoms in total. The van der Waals surface area contributed by atoms with Crippen LogP contribution >= 0.6 is 0 Å². The first-order chi connectivity index (χ1) is 48.2. The highest BCUT2D eigenvalue weighted by atomic mass is 19.4. The summed E-state index contributed by atoms with van der Waals surface area (Å²) in [4.78, 5) is 15.1. The van der Waals surface area contributed by atoms with E-state index in [0.717, 1.165) is 117 Å². The standard InChI is InChI=1S/C89H57BF3N5/c91-89(92,93)75-45-43-65(88-94-78(62-33-15-5-16-34-62)57-79(95-88)63-35-17-6-18-36-63)54-84(75)98-80-40-22-19-37-73(80)74-53-64(44-46-81(74)98)70-55-85-87-86(56-70)97(72-51-68(60-29-11-3-12-30-60)48-69(52-72)61-31-13-4-14-32-61)83-42-24-21-39-77(83)90(87)76-38-20-23-41-82(76)96(85)71-49-66(58-25-7-1-8-26-58)47-67(50-71)59-27-9-2-10-28-59/h1-57H. The van der Waals surface area contributed by atoms with Crippen molar-refractivity contribution in [3.63, 3.8) is 0 Å². The second-order valence-corrected chi connectivity index (χ2v) is 25.2. The summed E-state index contributed by atoms with van der Waals surface area (Å²) in [6.45, 7) is -0.180. The average molecular weight is 1260 g/mol. The average Bonchev–Trinajstić information content (AvgIpc) is 0.743. The fraction of sp³-hybridized carbons (Fsp3) is 0.0112. The van der Waals surface area contributed by atoms with E-state index in [9.17, 15) is 0 Å². The van der Waals surface area contributed by atoms with Crippen LogP contribution in [0.3, 0.4) is 0 Å². The van der Waals surface area contributed by atoms with Crippen molar-refractivity contribution in [3.8, 4) is 95.2 Å². The summed E-state index contributed by atoms with van der Waals surface area (Å²) in [6, 6.07) is 118. The van der Waals surface area contributed by atoms with Gasteiger partial charge in [-0.3, -0.25) is 0 Å². The molecule has 16 aromatic rings. The van der Waals surface area contributed by atoms with Crippen LogP contribution in [-0.2, 0) is 6.18 Å². The molecule has 0 atom stereocenters. The zero-order valence-electron chi connectivity index (χ0n) is 52.9. The number of aromatic nitrogens is 3. The van der Waals surface area contributed by atoms with Crippen LogP contribution in [0.2, 0.25) is 0 Å². The van der Waals surface area contributed by atoms with Gasteiger partial charge in [0.25, 0.3) is 6.71 Å². The van der Waals surface area contributed by atoms with Gasteiger partial charge in [-0.15, -0.1) is 0 Å². The van der Waals surface area contributed by atoms with Gasteiger partial charge < -0.3 is 14.4 Å². The Kier molecular flexibility index (Phi) is 14.0. The summed E-state index contributed by atoms with van der Waals surface area (Å²) >= 11 is 0. The lowest BCUT2D eigenvalue weighted by molar-refractivity contribution is -0.137. The normalized spacial score (nSPS) is 12.4. The van der Waals surface area contributed by atoms with E-state index in [1.54, 1.807) is 10.6 Å². The van der Waals surface area contributed by atoms with E-state index >= 15 is 13.2 Å². The molecule has 462 valence electrons. The van der Waals surface area contributed by atoms with Gasteiger partial charge in [0.15, 0.2) is 5.82 Å². The Hall–Kier alpha value is -12.6. The molecular weight excluding hydrogens is 1210 g/mol. The number of rotatable bonds is 11. The Morgan fingerprint density at radius 3 is 1.10 bits per heavy atom. The highest BCUT2D eigenvalue weighted by molar-refractivity contribution is 7.00. The maximum Gasteiger partial charge on any atom is 0.418 e. The molecule has 0 fully saturated rings. The van der Waals surface area contributed by atoms with Crippen LogP contribution in [0.25, 0.3) is 117 Å². The topological polar surface area (TPSA) is 37.2 Å². The summed E-state index contributed by atoms with van der Waals surface area (Å²) in [6.07, 6.45) is -4.73. The third-order valence-electron chi connectivity index (χ3n) is 19.3. The van der Waals surface area contributed by atoms with Crippen molar-refractivity contribution in [1.29, 1.82) is 0 Å². The summed E-state index contributed by atoms with van der Waals surface area (Å²) in [5.74, 6) is 0.307. The summed E-state index contributed by atoms with van der Waals surface area (Å²) in [5.41, 5.74) is 24.1. The van der Waals surface area contributed by atoms with Crippen LogP contribution in [-0.4, -0.2) is 21.2 Å². The van der Waals surface area contributed by atoms with Gasteiger partial charge in [0.1, 0.15) is 0 Å². The smallest absolute Gasteiger partial charge is 0.311 e. The number of para-hydroxylation sites is 3. The van der Waals surface area contributed by atoms with Crippen LogP contribution in [0.1, 0.15) is 5.56 Å². The minimum Gasteiger partial charge on any atom is -0.311 e. The fourth-order valence-electron chi connectivity index (χ4n) is 14.9.